The van der Waals surface area contributed by atoms with E-state index in [9.17, 15) is 13.2 Å². The Morgan fingerprint density at radius 2 is 2.03 bits per heavy atom. The maximum Gasteiger partial charge on any atom is 0.285 e. The molecule has 154 valence electrons. The van der Waals surface area contributed by atoms with Gasteiger partial charge in [0.2, 0.25) is 0 Å². The Hall–Kier alpha value is -2.07. The fourth-order valence-electron chi connectivity index (χ4n) is 3.00. The van der Waals surface area contributed by atoms with Crippen LogP contribution in [0.5, 0.6) is 0 Å². The smallest absolute Gasteiger partial charge is 0.266 e. The van der Waals surface area contributed by atoms with Crippen LogP contribution >= 0.6 is 35.1 Å². The van der Waals surface area contributed by atoms with Crippen LogP contribution in [0.15, 0.2) is 57.4 Å². The lowest BCUT2D eigenvalue weighted by atomic mass is 10.1. The lowest BCUT2D eigenvalue weighted by Crippen LogP contribution is -2.03. The van der Waals surface area contributed by atoms with Crippen molar-refractivity contribution in [2.75, 3.05) is 12.5 Å². The first-order valence-corrected chi connectivity index (χ1v) is 13.1. The number of amides is 1. The average molecular weight is 478 g/mol. The highest BCUT2D eigenvalue weighted by molar-refractivity contribution is 8.40. The number of aromatic nitrogens is 2. The summed E-state index contributed by atoms with van der Waals surface area (Å²) in [6, 6.07) is 10.5. The summed E-state index contributed by atoms with van der Waals surface area (Å²) in [6.45, 7) is 0.409. The number of hydrogen-bond acceptors (Lipinski definition) is 6. The van der Waals surface area contributed by atoms with E-state index in [0.717, 1.165) is 32.7 Å². The van der Waals surface area contributed by atoms with E-state index in [1.54, 1.807) is 23.0 Å². The van der Waals surface area contributed by atoms with Crippen molar-refractivity contribution in [3.63, 3.8) is 0 Å². The second-order valence-corrected chi connectivity index (χ2v) is 11.2. The number of sulfone groups is 1. The van der Waals surface area contributed by atoms with E-state index in [1.165, 1.54) is 29.6 Å². The molecule has 1 aliphatic heterocycles. The van der Waals surface area contributed by atoms with Crippen LogP contribution in [0.1, 0.15) is 11.1 Å². The molecule has 0 saturated carbocycles. The van der Waals surface area contributed by atoms with E-state index < -0.39 is 9.84 Å². The highest BCUT2D eigenvalue weighted by atomic mass is 35.5. The number of fused-ring (bicyclic) bond motifs is 1. The molecule has 0 fully saturated rings. The van der Waals surface area contributed by atoms with Crippen LogP contribution in [0.4, 0.5) is 0 Å². The van der Waals surface area contributed by atoms with Gasteiger partial charge in [-0.1, -0.05) is 35.5 Å². The van der Waals surface area contributed by atoms with Gasteiger partial charge in [0.15, 0.2) is 9.84 Å². The summed E-state index contributed by atoms with van der Waals surface area (Å²) in [7, 11) is -3.31. The molecular formula is C20H16ClN3O3S3. The van der Waals surface area contributed by atoms with Crippen LogP contribution in [0.25, 0.3) is 17.0 Å². The van der Waals surface area contributed by atoms with Gasteiger partial charge in [-0.15, -0.1) is 11.8 Å². The summed E-state index contributed by atoms with van der Waals surface area (Å²) in [5.41, 5.74) is 2.58. The number of thioether (sulfide) groups is 2. The van der Waals surface area contributed by atoms with Crippen LogP contribution in [0.3, 0.4) is 0 Å². The Bertz CT molecular complexity index is 1340. The molecule has 0 bridgehead atoms. The number of halogens is 1. The highest BCUT2D eigenvalue weighted by Gasteiger charge is 2.21. The maximum atomic E-state index is 12.0. The molecule has 3 aromatic rings. The van der Waals surface area contributed by atoms with Gasteiger partial charge in [-0.2, -0.15) is 10.1 Å². The fourth-order valence-corrected chi connectivity index (χ4v) is 5.37. The van der Waals surface area contributed by atoms with Gasteiger partial charge in [0.05, 0.1) is 28.1 Å². The Morgan fingerprint density at radius 3 is 2.70 bits per heavy atom. The SMILES string of the molecule is CSC1=NC(=O)C(=Cc2ccc3c(cnn3Cc3ccc(S(C)(=O)=O)cc3Cl)c2)S1. The fraction of sp³-hybridized carbons (Fsp3) is 0.150. The zero-order valence-corrected chi connectivity index (χ0v) is 19.2. The summed E-state index contributed by atoms with van der Waals surface area (Å²) < 4.78 is 25.9. The summed E-state index contributed by atoms with van der Waals surface area (Å²) >= 11 is 9.13. The van der Waals surface area contributed by atoms with Gasteiger partial charge in [-0.05, 0) is 47.7 Å². The zero-order valence-electron chi connectivity index (χ0n) is 16.0. The number of aliphatic imine (C=N–C) groups is 1. The van der Waals surface area contributed by atoms with Crippen molar-refractivity contribution in [3.05, 3.63) is 63.6 Å². The normalized spacial score (nSPS) is 15.9. The molecule has 0 atom stereocenters. The molecular weight excluding hydrogens is 462 g/mol. The number of nitrogens with zero attached hydrogens (tertiary/aromatic N) is 3. The van der Waals surface area contributed by atoms with Crippen LogP contribution in [-0.4, -0.2) is 41.0 Å². The Labute approximate surface area is 187 Å². The molecule has 1 aliphatic rings. The predicted molar refractivity (Wildman–Crippen MR) is 125 cm³/mol. The van der Waals surface area contributed by atoms with Crippen molar-refractivity contribution in [1.82, 2.24) is 9.78 Å². The minimum Gasteiger partial charge on any atom is -0.266 e. The van der Waals surface area contributed by atoms with Gasteiger partial charge in [0, 0.05) is 16.7 Å². The second-order valence-electron chi connectivity index (χ2n) is 6.64. The van der Waals surface area contributed by atoms with Crippen molar-refractivity contribution < 1.29 is 13.2 Å². The summed E-state index contributed by atoms with van der Waals surface area (Å²) in [5.74, 6) is -0.215. The van der Waals surface area contributed by atoms with Crippen LogP contribution in [0, 0.1) is 0 Å². The summed E-state index contributed by atoms with van der Waals surface area (Å²) in [5, 5.41) is 5.74. The molecule has 1 amide bonds. The molecule has 0 N–H and O–H groups in total. The van der Waals surface area contributed by atoms with E-state index in [0.29, 0.717) is 16.5 Å². The average Bonchev–Trinajstić information content (AvgIpc) is 3.25. The topological polar surface area (TPSA) is 81.4 Å². The van der Waals surface area contributed by atoms with Gasteiger partial charge in [0.1, 0.15) is 4.38 Å². The van der Waals surface area contributed by atoms with Crippen LogP contribution in [0.2, 0.25) is 5.02 Å². The standard InChI is InChI=1S/C20H16ClN3O3S3/c1-28-20-23-19(25)18(29-20)8-12-3-6-17-14(7-12)10-22-24(17)11-13-4-5-15(9-16(13)21)30(2,26)27/h3-10H,11H2,1-2H3. The van der Waals surface area contributed by atoms with E-state index in [-0.39, 0.29) is 10.8 Å². The molecule has 2 heterocycles. The van der Waals surface area contributed by atoms with E-state index in [4.69, 9.17) is 11.6 Å². The van der Waals surface area contributed by atoms with Gasteiger partial charge >= 0.3 is 0 Å². The molecule has 0 radical (unpaired) electrons. The van der Waals surface area contributed by atoms with Crippen molar-refractivity contribution in [2.24, 2.45) is 4.99 Å². The zero-order chi connectivity index (χ0) is 21.5. The van der Waals surface area contributed by atoms with Crippen molar-refractivity contribution in [3.8, 4) is 0 Å². The molecule has 0 spiro atoms. The third-order valence-electron chi connectivity index (χ3n) is 4.51. The molecule has 10 heteroatoms. The van der Waals surface area contributed by atoms with Gasteiger partial charge < -0.3 is 0 Å². The van der Waals surface area contributed by atoms with E-state index in [1.807, 2.05) is 30.5 Å². The first-order valence-electron chi connectivity index (χ1n) is 8.75. The largest absolute Gasteiger partial charge is 0.285 e. The van der Waals surface area contributed by atoms with Gasteiger partial charge in [0.25, 0.3) is 5.91 Å². The van der Waals surface area contributed by atoms with Crippen LogP contribution in [-0.2, 0) is 21.2 Å². The Kier molecular flexibility index (Phi) is 5.80. The molecule has 0 aliphatic carbocycles. The highest BCUT2D eigenvalue weighted by Crippen LogP contribution is 2.33. The molecule has 0 unspecified atom stereocenters. The summed E-state index contributed by atoms with van der Waals surface area (Å²) in [4.78, 5) is 16.8. The number of carbonyl (C=O) groups excluding carboxylic acids is 1. The molecule has 1 aromatic heterocycles. The molecule has 4 rings (SSSR count). The predicted octanol–water partition coefficient (Wildman–Crippen LogP) is 4.47. The number of rotatable bonds is 4. The van der Waals surface area contributed by atoms with Crippen LogP contribution < -0.4 is 0 Å². The minimum atomic E-state index is -3.31. The van der Waals surface area contributed by atoms with Gasteiger partial charge in [-0.3, -0.25) is 9.48 Å². The monoisotopic (exact) mass is 477 g/mol. The summed E-state index contributed by atoms with van der Waals surface area (Å²) in [6.07, 6.45) is 6.63. The third kappa shape index (κ3) is 4.34. The molecule has 6 nitrogen and oxygen atoms in total. The third-order valence-corrected chi connectivity index (χ3v) is 7.94. The first-order chi connectivity index (χ1) is 14.2. The van der Waals surface area contributed by atoms with Crippen molar-refractivity contribution in [2.45, 2.75) is 11.4 Å². The molecule has 30 heavy (non-hydrogen) atoms. The Balaban J connectivity index is 1.60. The van der Waals surface area contributed by atoms with Crippen molar-refractivity contribution >= 4 is 72.2 Å². The first kappa shape index (κ1) is 21.2. The maximum absolute atomic E-state index is 12.0. The lowest BCUT2D eigenvalue weighted by molar-refractivity contribution is -0.113. The number of carbonyl (C=O) groups is 1. The number of benzene rings is 2. The van der Waals surface area contributed by atoms with E-state index in [2.05, 4.69) is 10.1 Å². The van der Waals surface area contributed by atoms with Crippen molar-refractivity contribution in [1.29, 1.82) is 0 Å². The quantitative estimate of drug-likeness (QED) is 0.515. The number of hydrogen-bond donors (Lipinski definition) is 0. The molecule has 2 aromatic carbocycles. The Morgan fingerprint density at radius 1 is 1.23 bits per heavy atom. The minimum absolute atomic E-state index is 0.187. The second kappa shape index (κ2) is 8.22. The molecule has 0 saturated heterocycles. The lowest BCUT2D eigenvalue weighted by Gasteiger charge is -2.08. The van der Waals surface area contributed by atoms with Gasteiger partial charge in [-0.25, -0.2) is 8.42 Å². The van der Waals surface area contributed by atoms with E-state index >= 15 is 0 Å².